The van der Waals surface area contributed by atoms with E-state index in [2.05, 4.69) is 28.9 Å². The van der Waals surface area contributed by atoms with Gasteiger partial charge in [-0.25, -0.2) is 4.98 Å². The first kappa shape index (κ1) is 12.0. The van der Waals surface area contributed by atoms with E-state index in [1.807, 2.05) is 12.1 Å². The van der Waals surface area contributed by atoms with E-state index in [0.29, 0.717) is 11.6 Å². The van der Waals surface area contributed by atoms with Gasteiger partial charge in [-0.05, 0) is 38.6 Å². The molecule has 2 rings (SSSR count). The molecule has 4 heteroatoms. The number of hydrogen-bond acceptors (Lipinski definition) is 4. The normalized spacial score (nSPS) is 21.2. The summed E-state index contributed by atoms with van der Waals surface area (Å²) in [6.45, 7) is 2.26. The Bertz CT molecular complexity index is 377. The SMILES string of the molecule is CN1CCCC(N(C)c2ccc(C=O)cn2)C1. The molecule has 1 unspecified atom stereocenters. The number of carbonyl (C=O) groups excluding carboxylic acids is 1. The van der Waals surface area contributed by atoms with Crippen molar-refractivity contribution in [3.05, 3.63) is 23.9 Å². The molecular formula is C13H19N3O. The summed E-state index contributed by atoms with van der Waals surface area (Å²) in [4.78, 5) is 19.5. The van der Waals surface area contributed by atoms with Gasteiger partial charge in [-0.1, -0.05) is 0 Å². The third-order valence-corrected chi connectivity index (χ3v) is 3.42. The number of piperidine rings is 1. The number of carbonyl (C=O) groups is 1. The van der Waals surface area contributed by atoms with Crippen LogP contribution in [0.5, 0.6) is 0 Å². The van der Waals surface area contributed by atoms with E-state index in [1.165, 1.54) is 19.4 Å². The summed E-state index contributed by atoms with van der Waals surface area (Å²) in [7, 11) is 4.23. The quantitative estimate of drug-likeness (QED) is 0.740. The molecule has 17 heavy (non-hydrogen) atoms. The molecule has 0 N–H and O–H groups in total. The van der Waals surface area contributed by atoms with Crippen LogP contribution in [0.2, 0.25) is 0 Å². The minimum Gasteiger partial charge on any atom is -0.355 e. The lowest BCUT2D eigenvalue weighted by Gasteiger charge is -2.36. The maximum absolute atomic E-state index is 10.6. The minimum atomic E-state index is 0.517. The molecule has 92 valence electrons. The van der Waals surface area contributed by atoms with Crippen LogP contribution in [0.4, 0.5) is 5.82 Å². The summed E-state index contributed by atoms with van der Waals surface area (Å²) < 4.78 is 0. The summed E-state index contributed by atoms with van der Waals surface area (Å²) in [6.07, 6.45) is 4.90. The van der Waals surface area contributed by atoms with E-state index in [9.17, 15) is 4.79 Å². The number of likely N-dealkylation sites (N-methyl/N-ethyl adjacent to an activating group) is 2. The number of hydrogen-bond donors (Lipinski definition) is 0. The Kier molecular flexibility index (Phi) is 3.74. The van der Waals surface area contributed by atoms with E-state index in [0.717, 1.165) is 18.6 Å². The van der Waals surface area contributed by atoms with Gasteiger partial charge in [0.2, 0.25) is 0 Å². The molecule has 1 aliphatic rings. The molecule has 0 bridgehead atoms. The van der Waals surface area contributed by atoms with Gasteiger partial charge in [0.25, 0.3) is 0 Å². The van der Waals surface area contributed by atoms with Crippen molar-refractivity contribution >= 4 is 12.1 Å². The summed E-state index contributed by atoms with van der Waals surface area (Å²) in [5.41, 5.74) is 0.628. The molecule has 1 aliphatic heterocycles. The molecule has 0 radical (unpaired) electrons. The molecule has 0 spiro atoms. The van der Waals surface area contributed by atoms with Crippen LogP contribution in [0.3, 0.4) is 0 Å². The molecule has 4 nitrogen and oxygen atoms in total. The third-order valence-electron chi connectivity index (χ3n) is 3.42. The van der Waals surface area contributed by atoms with Crippen molar-refractivity contribution in [1.82, 2.24) is 9.88 Å². The highest BCUT2D eigenvalue weighted by Gasteiger charge is 2.21. The van der Waals surface area contributed by atoms with Crippen molar-refractivity contribution in [1.29, 1.82) is 0 Å². The van der Waals surface area contributed by atoms with Crippen LogP contribution in [0.1, 0.15) is 23.2 Å². The highest BCUT2D eigenvalue weighted by atomic mass is 16.1. The average Bonchev–Trinajstić information content (AvgIpc) is 2.38. The molecule has 1 saturated heterocycles. The number of rotatable bonds is 3. The second kappa shape index (κ2) is 5.27. The number of aromatic nitrogens is 1. The molecule has 2 heterocycles. The fraction of sp³-hybridized carbons (Fsp3) is 0.538. The van der Waals surface area contributed by atoms with Crippen molar-refractivity contribution in [2.24, 2.45) is 0 Å². The van der Waals surface area contributed by atoms with Crippen LogP contribution in [-0.2, 0) is 0 Å². The number of likely N-dealkylation sites (tertiary alicyclic amines) is 1. The standard InChI is InChI=1S/C13H19N3O/c1-15-7-3-4-12(9-15)16(2)13-6-5-11(10-17)8-14-13/h5-6,8,10,12H,3-4,7,9H2,1-2H3. The molecule has 0 aliphatic carbocycles. The Morgan fingerprint density at radius 1 is 1.53 bits per heavy atom. The van der Waals surface area contributed by atoms with Crippen LogP contribution in [0.15, 0.2) is 18.3 Å². The lowest BCUT2D eigenvalue weighted by molar-refractivity contribution is 0.112. The fourth-order valence-electron chi connectivity index (χ4n) is 2.32. The predicted molar refractivity (Wildman–Crippen MR) is 68.5 cm³/mol. The first-order chi connectivity index (χ1) is 8.20. The van der Waals surface area contributed by atoms with Gasteiger partial charge in [-0.3, -0.25) is 4.79 Å². The topological polar surface area (TPSA) is 36.4 Å². The monoisotopic (exact) mass is 233 g/mol. The Balaban J connectivity index is 2.07. The molecule has 0 saturated carbocycles. The molecule has 1 fully saturated rings. The Labute approximate surface area is 102 Å². The minimum absolute atomic E-state index is 0.517. The van der Waals surface area contributed by atoms with Crippen molar-refractivity contribution < 1.29 is 4.79 Å². The fourth-order valence-corrected chi connectivity index (χ4v) is 2.32. The second-order valence-electron chi connectivity index (χ2n) is 4.74. The van der Waals surface area contributed by atoms with Crippen LogP contribution >= 0.6 is 0 Å². The van der Waals surface area contributed by atoms with Crippen molar-refractivity contribution in [3.63, 3.8) is 0 Å². The van der Waals surface area contributed by atoms with Gasteiger partial charge in [0.1, 0.15) is 5.82 Å². The zero-order valence-electron chi connectivity index (χ0n) is 10.5. The number of pyridine rings is 1. The van der Waals surface area contributed by atoms with E-state index in [-0.39, 0.29) is 0 Å². The van der Waals surface area contributed by atoms with Gasteiger partial charge < -0.3 is 9.80 Å². The van der Waals surface area contributed by atoms with Crippen LogP contribution in [0.25, 0.3) is 0 Å². The Morgan fingerprint density at radius 2 is 2.35 bits per heavy atom. The number of nitrogens with zero attached hydrogens (tertiary/aromatic N) is 3. The first-order valence-corrected chi connectivity index (χ1v) is 6.03. The van der Waals surface area contributed by atoms with E-state index < -0.39 is 0 Å². The number of anilines is 1. The summed E-state index contributed by atoms with van der Waals surface area (Å²) in [5, 5.41) is 0. The Morgan fingerprint density at radius 3 is 2.94 bits per heavy atom. The molecular weight excluding hydrogens is 214 g/mol. The lowest BCUT2D eigenvalue weighted by Crippen LogP contribution is -2.45. The van der Waals surface area contributed by atoms with Crippen molar-refractivity contribution in [2.45, 2.75) is 18.9 Å². The third kappa shape index (κ3) is 2.82. The van der Waals surface area contributed by atoms with Crippen molar-refractivity contribution in [2.75, 3.05) is 32.1 Å². The van der Waals surface area contributed by atoms with Gasteiger partial charge in [0.15, 0.2) is 6.29 Å². The van der Waals surface area contributed by atoms with E-state index in [1.54, 1.807) is 6.20 Å². The number of aldehydes is 1. The molecule has 0 amide bonds. The largest absolute Gasteiger partial charge is 0.355 e. The highest BCUT2D eigenvalue weighted by molar-refractivity contribution is 5.74. The van der Waals surface area contributed by atoms with Crippen LogP contribution < -0.4 is 4.90 Å². The van der Waals surface area contributed by atoms with Gasteiger partial charge in [0.05, 0.1) is 0 Å². The predicted octanol–water partition coefficient (Wildman–Crippen LogP) is 1.42. The molecule has 1 aromatic rings. The average molecular weight is 233 g/mol. The summed E-state index contributed by atoms with van der Waals surface area (Å²) in [5.74, 6) is 0.941. The van der Waals surface area contributed by atoms with E-state index in [4.69, 9.17) is 0 Å². The highest BCUT2D eigenvalue weighted by Crippen LogP contribution is 2.18. The molecule has 1 atom stereocenters. The van der Waals surface area contributed by atoms with Gasteiger partial charge in [-0.2, -0.15) is 0 Å². The second-order valence-corrected chi connectivity index (χ2v) is 4.74. The van der Waals surface area contributed by atoms with E-state index >= 15 is 0 Å². The van der Waals surface area contributed by atoms with Crippen LogP contribution in [0, 0.1) is 0 Å². The lowest BCUT2D eigenvalue weighted by atomic mass is 10.1. The van der Waals surface area contributed by atoms with Gasteiger partial charge in [0, 0.05) is 31.4 Å². The Hall–Kier alpha value is -1.42. The smallest absolute Gasteiger partial charge is 0.151 e. The molecule has 1 aromatic heterocycles. The van der Waals surface area contributed by atoms with Gasteiger partial charge >= 0.3 is 0 Å². The van der Waals surface area contributed by atoms with Crippen LogP contribution in [-0.4, -0.2) is 49.4 Å². The zero-order valence-corrected chi connectivity index (χ0v) is 10.5. The summed E-state index contributed by atoms with van der Waals surface area (Å²) in [6, 6.07) is 4.25. The van der Waals surface area contributed by atoms with Gasteiger partial charge in [-0.15, -0.1) is 0 Å². The maximum atomic E-state index is 10.6. The first-order valence-electron chi connectivity index (χ1n) is 6.03. The zero-order chi connectivity index (χ0) is 12.3. The summed E-state index contributed by atoms with van der Waals surface area (Å²) >= 11 is 0. The van der Waals surface area contributed by atoms with Crippen molar-refractivity contribution in [3.8, 4) is 0 Å². The maximum Gasteiger partial charge on any atom is 0.151 e. The molecule has 0 aromatic carbocycles.